The highest BCUT2D eigenvalue weighted by Gasteiger charge is 2.57. The van der Waals surface area contributed by atoms with Gasteiger partial charge in [0, 0.05) is 0 Å². The summed E-state index contributed by atoms with van der Waals surface area (Å²) in [7, 11) is 0. The van der Waals surface area contributed by atoms with E-state index >= 15 is 0 Å². The Morgan fingerprint density at radius 2 is 1.54 bits per heavy atom. The van der Waals surface area contributed by atoms with Crippen molar-refractivity contribution in [3.8, 4) is 0 Å². The molecule has 0 bridgehead atoms. The first-order chi connectivity index (χ1) is 11.4. The molecule has 2 rings (SSSR count). The van der Waals surface area contributed by atoms with Crippen molar-refractivity contribution in [2.75, 3.05) is 6.61 Å². The minimum absolute atomic E-state index is 0.180. The summed E-state index contributed by atoms with van der Waals surface area (Å²) in [6, 6.07) is 15.2. The van der Waals surface area contributed by atoms with E-state index in [4.69, 9.17) is 4.74 Å². The summed E-state index contributed by atoms with van der Waals surface area (Å²) in [5, 5.41) is 11.2. The number of halogens is 3. The molecule has 1 amide bonds. The predicted octanol–water partition coefficient (Wildman–Crippen LogP) is 3.36. The zero-order valence-electron chi connectivity index (χ0n) is 12.6. The van der Waals surface area contributed by atoms with Crippen LogP contribution in [0.1, 0.15) is 11.1 Å². The van der Waals surface area contributed by atoms with Gasteiger partial charge in [-0.15, -0.1) is 0 Å². The van der Waals surface area contributed by atoms with Crippen molar-refractivity contribution < 1.29 is 27.8 Å². The van der Waals surface area contributed by atoms with Gasteiger partial charge in [0.2, 0.25) is 0 Å². The standard InChI is InChI=1S/C17H16F3NO3/c18-17(19,20)16(12-22,14-9-5-2-6-10-14)21-15(23)24-11-13-7-3-1-4-8-13/h1-10,22H,11-12H2,(H,21,23). The Morgan fingerprint density at radius 3 is 2.04 bits per heavy atom. The molecule has 1 atom stereocenters. The fourth-order valence-electron chi connectivity index (χ4n) is 2.18. The van der Waals surface area contributed by atoms with Gasteiger partial charge in [-0.05, 0) is 11.1 Å². The predicted molar refractivity (Wildman–Crippen MR) is 81.0 cm³/mol. The number of hydrogen-bond acceptors (Lipinski definition) is 3. The SMILES string of the molecule is O=C(NC(CO)(c1ccccc1)C(F)(F)F)OCc1ccccc1. The Kier molecular flexibility index (Phi) is 5.46. The molecule has 0 radical (unpaired) electrons. The molecule has 24 heavy (non-hydrogen) atoms. The highest BCUT2D eigenvalue weighted by molar-refractivity contribution is 5.69. The fraction of sp³-hybridized carbons (Fsp3) is 0.235. The molecular formula is C17H16F3NO3. The third-order valence-electron chi connectivity index (χ3n) is 3.52. The second kappa shape index (κ2) is 7.35. The number of amides is 1. The largest absolute Gasteiger partial charge is 0.445 e. The molecule has 2 N–H and O–H groups in total. The molecule has 2 aromatic rings. The number of nitrogens with one attached hydrogen (secondary N) is 1. The maximum atomic E-state index is 13.6. The second-order valence-electron chi connectivity index (χ2n) is 5.11. The number of ether oxygens (including phenoxy) is 1. The first kappa shape index (κ1) is 17.8. The maximum Gasteiger partial charge on any atom is 0.418 e. The third kappa shape index (κ3) is 3.86. The monoisotopic (exact) mass is 339 g/mol. The summed E-state index contributed by atoms with van der Waals surface area (Å²) >= 11 is 0. The number of alkyl halides is 3. The molecule has 0 saturated carbocycles. The van der Waals surface area contributed by atoms with Crippen LogP contribution in [0.4, 0.5) is 18.0 Å². The van der Waals surface area contributed by atoms with Gasteiger partial charge in [0.1, 0.15) is 6.61 Å². The molecule has 128 valence electrons. The lowest BCUT2D eigenvalue weighted by Gasteiger charge is -2.34. The molecule has 0 heterocycles. The average Bonchev–Trinajstić information content (AvgIpc) is 2.58. The lowest BCUT2D eigenvalue weighted by molar-refractivity contribution is -0.209. The summed E-state index contributed by atoms with van der Waals surface area (Å²) in [5.74, 6) is 0. The molecular weight excluding hydrogens is 323 g/mol. The highest BCUT2D eigenvalue weighted by Crippen LogP contribution is 2.38. The van der Waals surface area contributed by atoms with Crippen LogP contribution >= 0.6 is 0 Å². The van der Waals surface area contributed by atoms with Crippen molar-refractivity contribution in [2.45, 2.75) is 18.3 Å². The smallest absolute Gasteiger partial charge is 0.418 e. The van der Waals surface area contributed by atoms with E-state index in [1.54, 1.807) is 35.6 Å². The van der Waals surface area contributed by atoms with Crippen molar-refractivity contribution in [1.29, 1.82) is 0 Å². The van der Waals surface area contributed by atoms with Crippen LogP contribution in [-0.2, 0) is 16.9 Å². The van der Waals surface area contributed by atoms with Crippen molar-refractivity contribution in [1.82, 2.24) is 5.32 Å². The number of carbonyl (C=O) groups excluding carboxylic acids is 1. The van der Waals surface area contributed by atoms with E-state index in [0.717, 1.165) is 0 Å². The van der Waals surface area contributed by atoms with Crippen LogP contribution in [0.25, 0.3) is 0 Å². The molecule has 2 aromatic carbocycles. The maximum absolute atomic E-state index is 13.6. The summed E-state index contributed by atoms with van der Waals surface area (Å²) in [5.41, 5.74) is -2.58. The van der Waals surface area contributed by atoms with E-state index in [9.17, 15) is 23.1 Å². The van der Waals surface area contributed by atoms with Crippen molar-refractivity contribution in [2.24, 2.45) is 0 Å². The molecule has 0 aliphatic heterocycles. The third-order valence-corrected chi connectivity index (χ3v) is 3.52. The topological polar surface area (TPSA) is 58.6 Å². The van der Waals surface area contributed by atoms with Gasteiger partial charge in [-0.2, -0.15) is 13.2 Å². The molecule has 1 unspecified atom stereocenters. The van der Waals surface area contributed by atoms with Gasteiger partial charge >= 0.3 is 12.3 Å². The molecule has 0 aliphatic carbocycles. The van der Waals surface area contributed by atoms with E-state index in [1.165, 1.54) is 30.3 Å². The Balaban J connectivity index is 2.18. The Hall–Kier alpha value is -2.54. The van der Waals surface area contributed by atoms with E-state index in [0.29, 0.717) is 5.56 Å². The summed E-state index contributed by atoms with van der Waals surface area (Å²) in [4.78, 5) is 11.9. The molecule has 7 heteroatoms. The first-order valence-corrected chi connectivity index (χ1v) is 7.11. The molecule has 0 aromatic heterocycles. The Labute approximate surface area is 136 Å². The number of aliphatic hydroxyl groups excluding tert-OH is 1. The van der Waals surface area contributed by atoms with Crippen LogP contribution < -0.4 is 5.32 Å². The number of benzene rings is 2. The van der Waals surface area contributed by atoms with Gasteiger partial charge in [-0.1, -0.05) is 60.7 Å². The number of rotatable bonds is 5. The first-order valence-electron chi connectivity index (χ1n) is 7.11. The molecule has 0 aliphatic rings. The lowest BCUT2D eigenvalue weighted by atomic mass is 9.90. The van der Waals surface area contributed by atoms with Gasteiger partial charge in [0.05, 0.1) is 6.61 Å². The van der Waals surface area contributed by atoms with E-state index in [2.05, 4.69) is 0 Å². The quantitative estimate of drug-likeness (QED) is 0.878. The lowest BCUT2D eigenvalue weighted by Crippen LogP contribution is -2.58. The van der Waals surface area contributed by atoms with Gasteiger partial charge in [-0.3, -0.25) is 0 Å². The van der Waals surface area contributed by atoms with Crippen molar-refractivity contribution >= 4 is 6.09 Å². The zero-order valence-corrected chi connectivity index (χ0v) is 12.6. The minimum Gasteiger partial charge on any atom is -0.445 e. The Bertz CT molecular complexity index is 662. The minimum atomic E-state index is -4.91. The molecule has 0 spiro atoms. The summed E-state index contributed by atoms with van der Waals surface area (Å²) in [6.45, 7) is -1.53. The van der Waals surface area contributed by atoms with Crippen molar-refractivity contribution in [3.05, 3.63) is 71.8 Å². The van der Waals surface area contributed by atoms with Crippen LogP contribution in [-0.4, -0.2) is 24.0 Å². The molecule has 4 nitrogen and oxygen atoms in total. The highest BCUT2D eigenvalue weighted by atomic mass is 19.4. The van der Waals surface area contributed by atoms with E-state index in [-0.39, 0.29) is 12.2 Å². The van der Waals surface area contributed by atoms with Crippen LogP contribution in [0.3, 0.4) is 0 Å². The van der Waals surface area contributed by atoms with Gasteiger partial charge in [-0.25, -0.2) is 4.79 Å². The number of hydrogen-bond donors (Lipinski definition) is 2. The van der Waals surface area contributed by atoms with E-state index < -0.39 is 24.4 Å². The fourth-order valence-corrected chi connectivity index (χ4v) is 2.18. The zero-order chi connectivity index (χ0) is 17.6. The van der Waals surface area contributed by atoms with Gasteiger partial charge in [0.25, 0.3) is 0 Å². The molecule has 0 fully saturated rings. The van der Waals surface area contributed by atoms with Gasteiger partial charge < -0.3 is 15.2 Å². The summed E-state index contributed by atoms with van der Waals surface area (Å²) in [6.07, 6.45) is -6.18. The van der Waals surface area contributed by atoms with Crippen LogP contribution in [0.15, 0.2) is 60.7 Å². The normalized spacial score (nSPS) is 13.8. The van der Waals surface area contributed by atoms with Crippen LogP contribution in [0, 0.1) is 0 Å². The average molecular weight is 339 g/mol. The number of carbonyl (C=O) groups is 1. The van der Waals surface area contributed by atoms with Crippen molar-refractivity contribution in [3.63, 3.8) is 0 Å². The van der Waals surface area contributed by atoms with Gasteiger partial charge in [0.15, 0.2) is 5.54 Å². The second-order valence-corrected chi connectivity index (χ2v) is 5.11. The van der Waals surface area contributed by atoms with Crippen LogP contribution in [0.5, 0.6) is 0 Å². The Morgan fingerprint density at radius 1 is 1.00 bits per heavy atom. The van der Waals surface area contributed by atoms with E-state index in [1.807, 2.05) is 0 Å². The number of aliphatic hydroxyl groups is 1. The molecule has 0 saturated heterocycles. The summed E-state index contributed by atoms with van der Waals surface area (Å²) < 4.78 is 45.5. The van der Waals surface area contributed by atoms with Crippen LogP contribution in [0.2, 0.25) is 0 Å². The number of alkyl carbamates (subject to hydrolysis) is 1.